The number of likely N-dealkylation sites (N-methyl/N-ethyl adjacent to an activating group) is 1. The predicted molar refractivity (Wildman–Crippen MR) is 130 cm³/mol. The third-order valence-electron chi connectivity index (χ3n) is 4.96. The van der Waals surface area contributed by atoms with Crippen LogP contribution < -0.4 is 20.3 Å². The maximum atomic E-state index is 12.6. The van der Waals surface area contributed by atoms with Crippen LogP contribution in [0, 0.1) is 0 Å². The summed E-state index contributed by atoms with van der Waals surface area (Å²) in [4.78, 5) is 13.2. The first-order chi connectivity index (χ1) is 14.8. The predicted octanol–water partition coefficient (Wildman–Crippen LogP) is 3.22. The molecular weight excluding hydrogens is 536 g/mol. The second-order valence-corrected chi connectivity index (χ2v) is 7.25. The Bertz CT molecular complexity index is 871. The zero-order chi connectivity index (χ0) is 22.3. The summed E-state index contributed by atoms with van der Waals surface area (Å²) in [6.45, 7) is 4.56. The fourth-order valence-electron chi connectivity index (χ4n) is 3.20. The van der Waals surface area contributed by atoms with Crippen molar-refractivity contribution in [2.24, 2.45) is 4.99 Å². The first kappa shape index (κ1) is 26.0. The van der Waals surface area contributed by atoms with Crippen LogP contribution in [0.25, 0.3) is 0 Å². The van der Waals surface area contributed by atoms with Gasteiger partial charge in [0, 0.05) is 58.1 Å². The number of para-hydroxylation sites is 1. The standard InChI is InChI=1S/C21H27F3N6O.HI/c1-25-20(28-15-17-5-3-4-6-18(17)31-21(22,23)24)27-14-16-7-8-19(26-13-16)30-11-9-29(2)10-12-30;/h3-8,13H,9-12,14-15H2,1-2H3,(H2,25,27,28);1H. The molecule has 1 aromatic carbocycles. The number of ether oxygens (including phenoxy) is 1. The number of alkyl halides is 3. The van der Waals surface area contributed by atoms with Gasteiger partial charge in [0.25, 0.3) is 0 Å². The van der Waals surface area contributed by atoms with Crippen LogP contribution in [-0.2, 0) is 13.1 Å². The molecule has 2 heterocycles. The van der Waals surface area contributed by atoms with Crippen LogP contribution in [0.5, 0.6) is 5.75 Å². The number of guanidine groups is 1. The van der Waals surface area contributed by atoms with Crippen LogP contribution in [0.4, 0.5) is 19.0 Å². The molecule has 2 N–H and O–H groups in total. The molecule has 1 fully saturated rings. The minimum Gasteiger partial charge on any atom is -0.405 e. The number of hydrogen-bond donors (Lipinski definition) is 2. The van der Waals surface area contributed by atoms with Crippen LogP contribution in [0.2, 0.25) is 0 Å². The van der Waals surface area contributed by atoms with Gasteiger partial charge in [-0.25, -0.2) is 4.98 Å². The van der Waals surface area contributed by atoms with Gasteiger partial charge in [-0.1, -0.05) is 24.3 Å². The van der Waals surface area contributed by atoms with E-state index in [0.717, 1.165) is 37.6 Å². The van der Waals surface area contributed by atoms with Crippen LogP contribution >= 0.6 is 24.0 Å². The van der Waals surface area contributed by atoms with E-state index in [1.807, 2.05) is 18.3 Å². The smallest absolute Gasteiger partial charge is 0.405 e. The largest absolute Gasteiger partial charge is 0.573 e. The number of piperazine rings is 1. The number of nitrogens with one attached hydrogen (secondary N) is 2. The molecule has 7 nitrogen and oxygen atoms in total. The van der Waals surface area contributed by atoms with Crippen molar-refractivity contribution >= 4 is 35.8 Å². The van der Waals surface area contributed by atoms with E-state index >= 15 is 0 Å². The van der Waals surface area contributed by atoms with Gasteiger partial charge in [-0.3, -0.25) is 4.99 Å². The Morgan fingerprint density at radius 2 is 1.75 bits per heavy atom. The van der Waals surface area contributed by atoms with Gasteiger partial charge < -0.3 is 25.2 Å². The second kappa shape index (κ2) is 12.1. The Balaban J connectivity index is 0.00000363. The normalized spacial score (nSPS) is 15.2. The number of benzene rings is 1. The number of rotatable bonds is 6. The SMILES string of the molecule is CN=C(NCc1ccc(N2CCN(C)CC2)nc1)NCc1ccccc1OC(F)(F)F.I. The fourth-order valence-corrected chi connectivity index (χ4v) is 3.20. The molecule has 0 atom stereocenters. The van der Waals surface area contributed by atoms with Gasteiger partial charge in [-0.2, -0.15) is 0 Å². The lowest BCUT2D eigenvalue weighted by Gasteiger charge is -2.33. The van der Waals surface area contributed by atoms with Gasteiger partial charge in [0.05, 0.1) is 0 Å². The number of hydrogen-bond acceptors (Lipinski definition) is 5. The minimum absolute atomic E-state index is 0. The van der Waals surface area contributed by atoms with Crippen LogP contribution in [0.1, 0.15) is 11.1 Å². The molecule has 0 spiro atoms. The maximum absolute atomic E-state index is 12.6. The van der Waals surface area contributed by atoms with E-state index in [4.69, 9.17) is 0 Å². The Morgan fingerprint density at radius 3 is 2.38 bits per heavy atom. The van der Waals surface area contributed by atoms with Gasteiger partial charge in [0.15, 0.2) is 5.96 Å². The Morgan fingerprint density at radius 1 is 1.06 bits per heavy atom. The average Bonchev–Trinajstić information content (AvgIpc) is 2.75. The third-order valence-corrected chi connectivity index (χ3v) is 4.96. The summed E-state index contributed by atoms with van der Waals surface area (Å²) in [7, 11) is 3.71. The van der Waals surface area contributed by atoms with E-state index < -0.39 is 6.36 Å². The zero-order valence-electron chi connectivity index (χ0n) is 18.0. The molecule has 1 aliphatic heterocycles. The summed E-state index contributed by atoms with van der Waals surface area (Å²) in [6.07, 6.45) is -2.92. The molecule has 0 radical (unpaired) electrons. The molecule has 1 saturated heterocycles. The van der Waals surface area contributed by atoms with Crippen molar-refractivity contribution in [3.05, 3.63) is 53.7 Å². The molecule has 3 rings (SSSR count). The van der Waals surface area contributed by atoms with E-state index in [-0.39, 0.29) is 36.3 Å². The number of halogens is 4. The molecule has 0 bridgehead atoms. The summed E-state index contributed by atoms with van der Waals surface area (Å²) in [5.74, 6) is 1.19. The van der Waals surface area contributed by atoms with Crippen molar-refractivity contribution < 1.29 is 17.9 Å². The monoisotopic (exact) mass is 564 g/mol. The Hall–Kier alpha value is -2.28. The first-order valence-corrected chi connectivity index (χ1v) is 10.0. The van der Waals surface area contributed by atoms with Gasteiger partial charge in [-0.05, 0) is 24.7 Å². The molecule has 0 unspecified atom stereocenters. The van der Waals surface area contributed by atoms with Crippen molar-refractivity contribution in [3.8, 4) is 5.75 Å². The summed E-state index contributed by atoms with van der Waals surface area (Å²) in [5.41, 5.74) is 1.35. The van der Waals surface area contributed by atoms with Crippen molar-refractivity contribution in [2.45, 2.75) is 19.5 Å². The molecular formula is C21H28F3IN6O. The van der Waals surface area contributed by atoms with Crippen molar-refractivity contribution in [1.29, 1.82) is 0 Å². The molecule has 32 heavy (non-hydrogen) atoms. The quantitative estimate of drug-likeness (QED) is 0.320. The molecule has 0 amide bonds. The molecule has 1 aromatic heterocycles. The Kier molecular flexibility index (Phi) is 9.82. The highest BCUT2D eigenvalue weighted by molar-refractivity contribution is 14.0. The van der Waals surface area contributed by atoms with E-state index in [2.05, 4.69) is 42.2 Å². The zero-order valence-corrected chi connectivity index (χ0v) is 20.4. The molecule has 176 valence electrons. The van der Waals surface area contributed by atoms with Crippen LogP contribution in [0.3, 0.4) is 0 Å². The van der Waals surface area contributed by atoms with Gasteiger partial charge >= 0.3 is 6.36 Å². The number of nitrogens with zero attached hydrogens (tertiary/aromatic N) is 4. The van der Waals surface area contributed by atoms with E-state index in [1.54, 1.807) is 19.2 Å². The topological polar surface area (TPSA) is 65.0 Å². The number of anilines is 1. The fraction of sp³-hybridized carbons (Fsp3) is 0.429. The van der Waals surface area contributed by atoms with Crippen molar-refractivity contribution in [2.75, 3.05) is 45.2 Å². The first-order valence-electron chi connectivity index (χ1n) is 10.0. The van der Waals surface area contributed by atoms with Crippen molar-refractivity contribution in [1.82, 2.24) is 20.5 Å². The number of aromatic nitrogens is 1. The second-order valence-electron chi connectivity index (χ2n) is 7.25. The number of pyridine rings is 1. The molecule has 2 aromatic rings. The summed E-state index contributed by atoms with van der Waals surface area (Å²) < 4.78 is 41.8. The average molecular weight is 564 g/mol. The third kappa shape index (κ3) is 8.01. The van der Waals surface area contributed by atoms with E-state index in [1.165, 1.54) is 12.1 Å². The highest BCUT2D eigenvalue weighted by atomic mass is 127. The number of aliphatic imine (C=N–C) groups is 1. The van der Waals surface area contributed by atoms with Gasteiger partial charge in [-0.15, -0.1) is 37.1 Å². The highest BCUT2D eigenvalue weighted by Crippen LogP contribution is 2.26. The molecule has 1 aliphatic rings. The lowest BCUT2D eigenvalue weighted by Crippen LogP contribution is -2.44. The summed E-state index contributed by atoms with van der Waals surface area (Å²) >= 11 is 0. The maximum Gasteiger partial charge on any atom is 0.573 e. The van der Waals surface area contributed by atoms with Crippen LogP contribution in [0.15, 0.2) is 47.6 Å². The van der Waals surface area contributed by atoms with Gasteiger partial charge in [0.2, 0.25) is 0 Å². The Labute approximate surface area is 203 Å². The minimum atomic E-state index is -4.74. The summed E-state index contributed by atoms with van der Waals surface area (Å²) in [5, 5.41) is 6.15. The molecule has 0 saturated carbocycles. The lowest BCUT2D eigenvalue weighted by molar-refractivity contribution is -0.274. The molecule has 11 heteroatoms. The van der Waals surface area contributed by atoms with E-state index in [9.17, 15) is 13.2 Å². The van der Waals surface area contributed by atoms with Crippen LogP contribution in [-0.4, -0.2) is 62.5 Å². The van der Waals surface area contributed by atoms with E-state index in [0.29, 0.717) is 18.1 Å². The lowest BCUT2D eigenvalue weighted by atomic mass is 10.2. The molecule has 0 aliphatic carbocycles. The van der Waals surface area contributed by atoms with Crippen molar-refractivity contribution in [3.63, 3.8) is 0 Å². The van der Waals surface area contributed by atoms with Gasteiger partial charge in [0.1, 0.15) is 11.6 Å². The summed E-state index contributed by atoms with van der Waals surface area (Å²) in [6, 6.07) is 10.0. The highest BCUT2D eigenvalue weighted by Gasteiger charge is 2.31.